The Balaban J connectivity index is 2.72. The average Bonchev–Trinajstić information content (AvgIpc) is 2.25. The van der Waals surface area contributed by atoms with E-state index in [9.17, 15) is 0 Å². The lowest BCUT2D eigenvalue weighted by atomic mass is 9.96. The van der Waals surface area contributed by atoms with Crippen molar-refractivity contribution in [1.29, 1.82) is 0 Å². The number of benzene rings is 1. The Morgan fingerprint density at radius 1 is 1.29 bits per heavy atom. The number of hydrogen-bond acceptors (Lipinski definition) is 1. The molecule has 14 heavy (non-hydrogen) atoms. The first-order valence-corrected chi connectivity index (χ1v) is 6.65. The summed E-state index contributed by atoms with van der Waals surface area (Å²) < 4.78 is 0. The van der Waals surface area contributed by atoms with Gasteiger partial charge >= 0.3 is 0 Å². The highest BCUT2D eigenvalue weighted by molar-refractivity contribution is 7.98. The van der Waals surface area contributed by atoms with E-state index in [0.29, 0.717) is 5.92 Å². The van der Waals surface area contributed by atoms with E-state index < -0.39 is 0 Å². The van der Waals surface area contributed by atoms with Gasteiger partial charge in [-0.2, -0.15) is 0 Å². The van der Waals surface area contributed by atoms with Gasteiger partial charge in [-0.1, -0.05) is 44.9 Å². The molecule has 0 aromatic heterocycles. The molecule has 1 atom stereocenters. The van der Waals surface area contributed by atoms with Crippen molar-refractivity contribution in [1.82, 2.24) is 0 Å². The molecule has 0 heterocycles. The van der Waals surface area contributed by atoms with Crippen molar-refractivity contribution < 1.29 is 0 Å². The standard InChI is InChI=1S/C13H20S/c1-4-5-8-11(2)12-9-6-7-10-13(12)14-3/h6-7,9-11H,4-5,8H2,1-3H3. The second kappa shape index (κ2) is 6.13. The highest BCUT2D eigenvalue weighted by atomic mass is 32.2. The van der Waals surface area contributed by atoms with E-state index in [-0.39, 0.29) is 0 Å². The number of unbranched alkanes of at least 4 members (excludes halogenated alkanes) is 1. The minimum absolute atomic E-state index is 0.707. The molecule has 1 unspecified atom stereocenters. The molecule has 0 N–H and O–H groups in total. The fraction of sp³-hybridized carbons (Fsp3) is 0.538. The molecule has 0 fully saturated rings. The van der Waals surface area contributed by atoms with Gasteiger partial charge in [0.25, 0.3) is 0 Å². The van der Waals surface area contributed by atoms with Crippen molar-refractivity contribution in [3.05, 3.63) is 29.8 Å². The van der Waals surface area contributed by atoms with Gasteiger partial charge in [0, 0.05) is 4.90 Å². The minimum atomic E-state index is 0.707. The zero-order valence-electron chi connectivity index (χ0n) is 9.42. The summed E-state index contributed by atoms with van der Waals surface area (Å²) in [7, 11) is 0. The maximum atomic E-state index is 2.34. The molecule has 0 saturated heterocycles. The van der Waals surface area contributed by atoms with Crippen molar-refractivity contribution in [2.24, 2.45) is 0 Å². The lowest BCUT2D eigenvalue weighted by Crippen LogP contribution is -1.95. The van der Waals surface area contributed by atoms with Crippen LogP contribution in [0.5, 0.6) is 0 Å². The second-order valence-electron chi connectivity index (χ2n) is 3.79. The third kappa shape index (κ3) is 3.06. The number of hydrogen-bond donors (Lipinski definition) is 0. The molecule has 0 bridgehead atoms. The van der Waals surface area contributed by atoms with Gasteiger partial charge in [0.05, 0.1) is 0 Å². The summed E-state index contributed by atoms with van der Waals surface area (Å²) in [6.45, 7) is 4.60. The van der Waals surface area contributed by atoms with E-state index in [1.54, 1.807) is 0 Å². The van der Waals surface area contributed by atoms with Crippen LogP contribution in [0.1, 0.15) is 44.6 Å². The minimum Gasteiger partial charge on any atom is -0.129 e. The largest absolute Gasteiger partial charge is 0.129 e. The summed E-state index contributed by atoms with van der Waals surface area (Å²) in [6, 6.07) is 8.77. The van der Waals surface area contributed by atoms with Crippen LogP contribution in [0.25, 0.3) is 0 Å². The van der Waals surface area contributed by atoms with Crippen LogP contribution in [-0.2, 0) is 0 Å². The van der Waals surface area contributed by atoms with Crippen LogP contribution in [0.15, 0.2) is 29.2 Å². The van der Waals surface area contributed by atoms with Crippen molar-refractivity contribution in [3.63, 3.8) is 0 Å². The molecule has 0 aliphatic heterocycles. The average molecular weight is 208 g/mol. The van der Waals surface area contributed by atoms with Crippen LogP contribution in [0.2, 0.25) is 0 Å². The Morgan fingerprint density at radius 3 is 2.64 bits per heavy atom. The molecule has 0 amide bonds. The third-order valence-electron chi connectivity index (χ3n) is 2.66. The first-order chi connectivity index (χ1) is 6.79. The molecule has 0 aliphatic carbocycles. The van der Waals surface area contributed by atoms with Gasteiger partial charge in [0.1, 0.15) is 0 Å². The van der Waals surface area contributed by atoms with Crippen molar-refractivity contribution >= 4 is 11.8 Å². The van der Waals surface area contributed by atoms with E-state index in [0.717, 1.165) is 0 Å². The zero-order valence-corrected chi connectivity index (χ0v) is 10.2. The quantitative estimate of drug-likeness (QED) is 0.632. The molecule has 0 nitrogen and oxygen atoms in total. The van der Waals surface area contributed by atoms with Gasteiger partial charge in [0.2, 0.25) is 0 Å². The molecule has 0 saturated carbocycles. The van der Waals surface area contributed by atoms with Gasteiger partial charge in [-0.3, -0.25) is 0 Å². The lowest BCUT2D eigenvalue weighted by Gasteiger charge is -2.14. The maximum absolute atomic E-state index is 2.34. The Bertz CT molecular complexity index is 268. The summed E-state index contributed by atoms with van der Waals surface area (Å²) >= 11 is 1.86. The SMILES string of the molecule is CCCCC(C)c1ccccc1SC. The van der Waals surface area contributed by atoms with Crippen LogP contribution < -0.4 is 0 Å². The van der Waals surface area contributed by atoms with Gasteiger partial charge in [-0.05, 0) is 30.2 Å². The number of rotatable bonds is 5. The van der Waals surface area contributed by atoms with Crippen LogP contribution in [0.3, 0.4) is 0 Å². The van der Waals surface area contributed by atoms with Gasteiger partial charge in [-0.25, -0.2) is 0 Å². The molecule has 1 aromatic rings. The Labute approximate surface area is 92.1 Å². The molecule has 0 spiro atoms. The van der Waals surface area contributed by atoms with Crippen molar-refractivity contribution in [2.45, 2.75) is 43.9 Å². The first kappa shape index (κ1) is 11.6. The monoisotopic (exact) mass is 208 g/mol. The summed E-state index contributed by atoms with van der Waals surface area (Å²) in [4.78, 5) is 1.44. The van der Waals surface area contributed by atoms with Crippen LogP contribution in [0.4, 0.5) is 0 Å². The Morgan fingerprint density at radius 2 is 2.00 bits per heavy atom. The van der Waals surface area contributed by atoms with E-state index in [1.807, 2.05) is 11.8 Å². The van der Waals surface area contributed by atoms with Gasteiger partial charge < -0.3 is 0 Å². The summed E-state index contributed by atoms with van der Waals surface area (Å²) in [5, 5.41) is 0. The molecule has 78 valence electrons. The van der Waals surface area contributed by atoms with E-state index in [2.05, 4.69) is 44.4 Å². The summed E-state index contributed by atoms with van der Waals surface area (Å²) in [5.74, 6) is 0.707. The van der Waals surface area contributed by atoms with Gasteiger partial charge in [-0.15, -0.1) is 11.8 Å². The maximum Gasteiger partial charge on any atom is 0.0104 e. The smallest absolute Gasteiger partial charge is 0.0104 e. The van der Waals surface area contributed by atoms with Gasteiger partial charge in [0.15, 0.2) is 0 Å². The van der Waals surface area contributed by atoms with Crippen LogP contribution in [-0.4, -0.2) is 6.26 Å². The summed E-state index contributed by atoms with van der Waals surface area (Å²) in [6.07, 6.45) is 6.11. The highest BCUT2D eigenvalue weighted by Gasteiger charge is 2.08. The fourth-order valence-corrected chi connectivity index (χ4v) is 2.46. The van der Waals surface area contributed by atoms with Crippen LogP contribution in [0, 0.1) is 0 Å². The molecule has 1 rings (SSSR count). The molecule has 0 radical (unpaired) electrons. The van der Waals surface area contributed by atoms with Crippen molar-refractivity contribution in [3.8, 4) is 0 Å². The molecule has 1 aromatic carbocycles. The predicted molar refractivity (Wildman–Crippen MR) is 66.2 cm³/mol. The zero-order chi connectivity index (χ0) is 10.4. The highest BCUT2D eigenvalue weighted by Crippen LogP contribution is 2.29. The lowest BCUT2D eigenvalue weighted by molar-refractivity contribution is 0.617. The normalized spacial score (nSPS) is 12.8. The second-order valence-corrected chi connectivity index (χ2v) is 4.63. The van der Waals surface area contributed by atoms with E-state index in [4.69, 9.17) is 0 Å². The fourth-order valence-electron chi connectivity index (χ4n) is 1.74. The molecular weight excluding hydrogens is 188 g/mol. The predicted octanol–water partition coefficient (Wildman–Crippen LogP) is 4.70. The Hall–Kier alpha value is -0.430. The summed E-state index contributed by atoms with van der Waals surface area (Å²) in [5.41, 5.74) is 1.52. The van der Waals surface area contributed by atoms with Crippen LogP contribution >= 0.6 is 11.8 Å². The van der Waals surface area contributed by atoms with E-state index in [1.165, 1.54) is 29.7 Å². The molecular formula is C13H20S. The molecule has 0 aliphatic rings. The van der Waals surface area contributed by atoms with Crippen molar-refractivity contribution in [2.75, 3.05) is 6.26 Å². The first-order valence-electron chi connectivity index (χ1n) is 5.42. The third-order valence-corrected chi connectivity index (χ3v) is 3.47. The Kier molecular flexibility index (Phi) is 5.10. The molecule has 1 heteroatoms. The topological polar surface area (TPSA) is 0 Å². The number of thioether (sulfide) groups is 1. The van der Waals surface area contributed by atoms with E-state index >= 15 is 0 Å².